The second-order valence-corrected chi connectivity index (χ2v) is 17.1. The van der Waals surface area contributed by atoms with E-state index in [9.17, 15) is 19.2 Å². The zero-order valence-corrected chi connectivity index (χ0v) is 33.7. The first kappa shape index (κ1) is 41.8. The molecule has 0 spiro atoms. The Kier molecular flexibility index (Phi) is 15.9. The number of Topliss-reactive ketones (excluding diaryl/α,β-unsaturated/α-hetero) is 2. The summed E-state index contributed by atoms with van der Waals surface area (Å²) in [7, 11) is 4.05. The Bertz CT molecular complexity index is 1720. The number of nitrogens with zero attached hydrogens (tertiary/aromatic N) is 2. The maximum Gasteiger partial charge on any atom is 0.224 e. The number of benzene rings is 2. The zero-order chi connectivity index (χ0) is 38.6. The number of hydrogen-bond acceptors (Lipinski definition) is 9. The van der Waals surface area contributed by atoms with Gasteiger partial charge >= 0.3 is 0 Å². The summed E-state index contributed by atoms with van der Waals surface area (Å²) < 4.78 is 6.75. The summed E-state index contributed by atoms with van der Waals surface area (Å²) in [4.78, 5) is 62.5. The minimum absolute atomic E-state index is 0.0218. The molecule has 0 saturated heterocycles. The van der Waals surface area contributed by atoms with Crippen molar-refractivity contribution in [3.8, 4) is 5.75 Å². The molecule has 1 aliphatic carbocycles. The monoisotopic (exact) mass is 779 g/mol. The molecule has 1 aromatic heterocycles. The second-order valence-electron chi connectivity index (χ2n) is 15.5. The Labute approximate surface area is 329 Å². The van der Waals surface area contributed by atoms with Crippen LogP contribution in [0.15, 0.2) is 42.5 Å². The Balaban J connectivity index is 1.35. The predicted molar refractivity (Wildman–Crippen MR) is 216 cm³/mol. The van der Waals surface area contributed by atoms with E-state index in [4.69, 9.17) is 27.1 Å². The molecule has 2 aromatic carbocycles. The fourth-order valence-corrected chi connectivity index (χ4v) is 9.15. The molecule has 3 aromatic rings. The molecule has 12 heteroatoms. The van der Waals surface area contributed by atoms with Gasteiger partial charge in [0.1, 0.15) is 11.5 Å². The van der Waals surface area contributed by atoms with Crippen molar-refractivity contribution >= 4 is 56.5 Å². The average Bonchev–Trinajstić information content (AvgIpc) is 3.56. The summed E-state index contributed by atoms with van der Waals surface area (Å²) in [5.74, 6) is -0.373. The number of aromatic nitrogens is 1. The molecule has 2 amide bonds. The Hall–Kier alpha value is -3.38. The molecule has 54 heavy (non-hydrogen) atoms. The number of halogens is 1. The van der Waals surface area contributed by atoms with Gasteiger partial charge in [0.25, 0.3) is 0 Å². The van der Waals surface area contributed by atoms with Crippen LogP contribution >= 0.6 is 22.9 Å². The third-order valence-electron chi connectivity index (χ3n) is 11.1. The number of fused-ring (bicyclic) bond motifs is 2. The Morgan fingerprint density at radius 2 is 1.74 bits per heavy atom. The van der Waals surface area contributed by atoms with E-state index in [1.807, 2.05) is 50.5 Å². The van der Waals surface area contributed by atoms with Gasteiger partial charge in [-0.2, -0.15) is 0 Å². The smallest absolute Gasteiger partial charge is 0.224 e. The number of unbranched alkanes of at least 4 members (excludes halogenated alkanes) is 1. The van der Waals surface area contributed by atoms with Gasteiger partial charge in [0.15, 0.2) is 5.78 Å². The number of amides is 2. The van der Waals surface area contributed by atoms with Crippen molar-refractivity contribution in [2.45, 2.75) is 102 Å². The first-order chi connectivity index (χ1) is 26.0. The van der Waals surface area contributed by atoms with Crippen molar-refractivity contribution in [2.75, 3.05) is 33.8 Å². The van der Waals surface area contributed by atoms with Gasteiger partial charge in [-0.05, 0) is 95.4 Å². The van der Waals surface area contributed by atoms with E-state index in [-0.39, 0.29) is 54.6 Å². The van der Waals surface area contributed by atoms with E-state index in [0.717, 1.165) is 71.6 Å². The molecule has 4 N–H and O–H groups in total. The van der Waals surface area contributed by atoms with Gasteiger partial charge in [0.05, 0.1) is 39.8 Å². The minimum Gasteiger partial charge on any atom is -0.493 e. The van der Waals surface area contributed by atoms with E-state index in [2.05, 4.69) is 15.5 Å². The van der Waals surface area contributed by atoms with Crippen LogP contribution in [0, 0.1) is 23.7 Å². The molecule has 1 aliphatic heterocycles. The van der Waals surface area contributed by atoms with Crippen molar-refractivity contribution in [1.29, 1.82) is 0 Å². The quantitative estimate of drug-likeness (QED) is 0.103. The highest BCUT2D eigenvalue weighted by Gasteiger charge is 2.34. The standard InChI is InChI=1S/C42H58ClN5O5S/c1-4-32(49)22-30(24-40-45-35-17-16-31(43)25-39(35)54-40)42(52)47-36(21-27-12-14-28(26-44)15-13-27)37(50)23-29(9-7-8-19-48(2)3)41(51)46-34-18-20-53-38-11-6-5-10-33(34)38/h5-6,10-11,16-17,25,27-30,34,36H,4,7-9,12-15,18-24,26,44H2,1-3H3,(H,46,51)(H,47,52)/t27?,28?,29-,30+,34-,36+/m1/s1. The number of nitrogens with one attached hydrogen (secondary N) is 2. The molecule has 0 unspecified atom stereocenters. The third-order valence-corrected chi connectivity index (χ3v) is 12.4. The Morgan fingerprint density at radius 3 is 2.48 bits per heavy atom. The van der Waals surface area contributed by atoms with Crippen molar-refractivity contribution < 1.29 is 23.9 Å². The molecule has 0 radical (unpaired) electrons. The van der Waals surface area contributed by atoms with Crippen LogP contribution < -0.4 is 21.1 Å². The summed E-state index contributed by atoms with van der Waals surface area (Å²) in [5, 5.41) is 7.74. The lowest BCUT2D eigenvalue weighted by Crippen LogP contribution is -2.47. The lowest BCUT2D eigenvalue weighted by atomic mass is 9.78. The van der Waals surface area contributed by atoms with Gasteiger partial charge in [-0.15, -0.1) is 11.3 Å². The highest BCUT2D eigenvalue weighted by atomic mass is 35.5. The van der Waals surface area contributed by atoms with Crippen molar-refractivity contribution in [2.24, 2.45) is 29.4 Å². The average molecular weight is 780 g/mol. The molecule has 1 saturated carbocycles. The van der Waals surface area contributed by atoms with Crippen molar-refractivity contribution in [3.05, 3.63) is 58.1 Å². The van der Waals surface area contributed by atoms with Gasteiger partial charge in [-0.1, -0.05) is 56.0 Å². The number of carbonyl (C=O) groups is 4. The number of ketones is 2. The van der Waals surface area contributed by atoms with Gasteiger partial charge < -0.3 is 26.0 Å². The summed E-state index contributed by atoms with van der Waals surface area (Å²) in [6.45, 7) is 3.84. The van der Waals surface area contributed by atoms with E-state index in [0.29, 0.717) is 49.8 Å². The van der Waals surface area contributed by atoms with Crippen LogP contribution in [-0.2, 0) is 25.6 Å². The predicted octanol–water partition coefficient (Wildman–Crippen LogP) is 7.06. The van der Waals surface area contributed by atoms with Crippen LogP contribution in [0.1, 0.15) is 101 Å². The van der Waals surface area contributed by atoms with Crippen LogP contribution in [-0.4, -0.2) is 73.1 Å². The fourth-order valence-electron chi connectivity index (χ4n) is 7.83. The molecular formula is C42H58ClN5O5S. The number of thiazole rings is 1. The van der Waals surface area contributed by atoms with Crippen molar-refractivity contribution in [3.63, 3.8) is 0 Å². The molecular weight excluding hydrogens is 722 g/mol. The number of ether oxygens (including phenoxy) is 1. The fraction of sp³-hybridized carbons (Fsp3) is 0.595. The number of para-hydroxylation sites is 1. The molecule has 4 atom stereocenters. The maximum absolute atomic E-state index is 14.5. The topological polar surface area (TPSA) is 144 Å². The van der Waals surface area contributed by atoms with Crippen LogP contribution in [0.5, 0.6) is 5.75 Å². The van der Waals surface area contributed by atoms with Gasteiger partial charge in [-0.25, -0.2) is 4.98 Å². The summed E-state index contributed by atoms with van der Waals surface area (Å²) >= 11 is 7.69. The van der Waals surface area contributed by atoms with Gasteiger partial charge in [-0.3, -0.25) is 19.2 Å². The number of carbonyl (C=O) groups excluding carboxylic acids is 4. The summed E-state index contributed by atoms with van der Waals surface area (Å²) in [5.41, 5.74) is 7.72. The summed E-state index contributed by atoms with van der Waals surface area (Å²) in [6.07, 6.45) is 7.95. The van der Waals surface area contributed by atoms with Crippen molar-refractivity contribution in [1.82, 2.24) is 20.5 Å². The molecule has 2 heterocycles. The van der Waals surface area contributed by atoms with E-state index in [1.165, 1.54) is 11.3 Å². The maximum atomic E-state index is 14.5. The normalized spacial score (nSPS) is 20.1. The Morgan fingerprint density at radius 1 is 0.981 bits per heavy atom. The molecule has 294 valence electrons. The van der Waals surface area contributed by atoms with Gasteiger partial charge in [0.2, 0.25) is 11.8 Å². The third kappa shape index (κ3) is 12.1. The van der Waals surface area contributed by atoms with Crippen LogP contribution in [0.25, 0.3) is 10.2 Å². The van der Waals surface area contributed by atoms with Crippen LogP contribution in [0.3, 0.4) is 0 Å². The van der Waals surface area contributed by atoms with E-state index in [1.54, 1.807) is 13.0 Å². The highest BCUT2D eigenvalue weighted by molar-refractivity contribution is 7.18. The minimum atomic E-state index is -0.772. The lowest BCUT2D eigenvalue weighted by molar-refractivity contribution is -0.134. The van der Waals surface area contributed by atoms with E-state index >= 15 is 0 Å². The molecule has 10 nitrogen and oxygen atoms in total. The molecule has 2 aliphatic rings. The van der Waals surface area contributed by atoms with Crippen LogP contribution in [0.4, 0.5) is 0 Å². The highest BCUT2D eigenvalue weighted by Crippen LogP contribution is 2.34. The molecule has 1 fully saturated rings. The molecule has 0 bridgehead atoms. The number of rotatable bonds is 20. The second kappa shape index (κ2) is 20.5. The largest absolute Gasteiger partial charge is 0.493 e. The van der Waals surface area contributed by atoms with Gasteiger partial charge in [0, 0.05) is 48.6 Å². The van der Waals surface area contributed by atoms with E-state index < -0.39 is 17.9 Å². The first-order valence-electron chi connectivity index (χ1n) is 19.8. The lowest BCUT2D eigenvalue weighted by Gasteiger charge is -2.32. The number of hydrogen-bond donors (Lipinski definition) is 3. The summed E-state index contributed by atoms with van der Waals surface area (Å²) in [6, 6.07) is 12.3. The zero-order valence-electron chi connectivity index (χ0n) is 32.1. The molecule has 5 rings (SSSR count). The number of nitrogens with two attached hydrogens (primary N) is 1. The van der Waals surface area contributed by atoms with Crippen LogP contribution in [0.2, 0.25) is 5.02 Å². The first-order valence-corrected chi connectivity index (χ1v) is 21.0. The SMILES string of the molecule is CCC(=O)C[C@@H](Cc1nc2ccc(Cl)cc2s1)C(=O)N[C@@H](CC1CCC(CN)CC1)C(=O)C[C@@H](CCCCN(C)C)C(=O)N[C@@H]1CCOc2ccccc21.